The summed E-state index contributed by atoms with van der Waals surface area (Å²) in [5.74, 6) is 0.248. The maximum absolute atomic E-state index is 13.8. The van der Waals surface area contributed by atoms with E-state index in [0.717, 1.165) is 25.7 Å². The number of hydrogen-bond acceptors (Lipinski definition) is 8. The number of carbonyl (C=O) groups is 1. The number of anilines is 1. The lowest BCUT2D eigenvalue weighted by Gasteiger charge is -2.42. The fourth-order valence-corrected chi connectivity index (χ4v) is 5.61. The summed E-state index contributed by atoms with van der Waals surface area (Å²) in [6.07, 6.45) is -0.578. The molecule has 1 N–H and O–H groups in total. The Labute approximate surface area is 203 Å². The molecule has 4 atom stereocenters. The van der Waals surface area contributed by atoms with Crippen molar-refractivity contribution < 1.29 is 27.4 Å². The van der Waals surface area contributed by atoms with Crippen LogP contribution in [0.1, 0.15) is 45.2 Å². The number of rotatable bonds is 6. The number of methoxy groups -OCH3 is 1. The van der Waals surface area contributed by atoms with Crippen LogP contribution >= 0.6 is 0 Å². The van der Waals surface area contributed by atoms with Gasteiger partial charge in [0.2, 0.25) is 11.9 Å². The number of aromatic nitrogens is 3. The molecule has 0 aromatic carbocycles. The zero-order valence-corrected chi connectivity index (χ0v) is 20.6. The zero-order chi connectivity index (χ0) is 25.2. The summed E-state index contributed by atoms with van der Waals surface area (Å²) in [4.78, 5) is 20.9. The monoisotopic (exact) mass is 500 g/mol. The van der Waals surface area contributed by atoms with Crippen LogP contribution in [0.5, 0.6) is 0 Å². The lowest BCUT2D eigenvalue weighted by molar-refractivity contribution is -0.145. The molecule has 1 saturated carbocycles. The third-order valence-corrected chi connectivity index (χ3v) is 7.83. The Bertz CT molecular complexity index is 880. The van der Waals surface area contributed by atoms with Crippen LogP contribution in [0.4, 0.5) is 19.1 Å². The maximum Gasteiger partial charge on any atom is 0.435 e. The highest BCUT2D eigenvalue weighted by atomic mass is 19.4. The van der Waals surface area contributed by atoms with Crippen molar-refractivity contribution in [3.63, 3.8) is 0 Å². The van der Waals surface area contributed by atoms with Gasteiger partial charge in [-0.25, -0.2) is 4.98 Å². The molecule has 0 spiro atoms. The summed E-state index contributed by atoms with van der Waals surface area (Å²) in [5, 5.41) is 11.0. The summed E-state index contributed by atoms with van der Waals surface area (Å²) in [6.45, 7) is 7.03. The minimum atomic E-state index is -4.58. The molecule has 0 unspecified atom stereocenters. The van der Waals surface area contributed by atoms with Crippen molar-refractivity contribution in [3.8, 4) is 0 Å². The molecule has 1 amide bonds. The largest absolute Gasteiger partial charge is 0.435 e. The Morgan fingerprint density at radius 3 is 2.66 bits per heavy atom. The average molecular weight is 501 g/mol. The summed E-state index contributed by atoms with van der Waals surface area (Å²) >= 11 is 0. The fraction of sp³-hybridized carbons (Fsp3) is 0.826. The van der Waals surface area contributed by atoms with Crippen molar-refractivity contribution in [3.05, 3.63) is 11.9 Å². The molecule has 1 aromatic heterocycles. The first-order valence-electron chi connectivity index (χ1n) is 12.3. The first-order chi connectivity index (χ1) is 16.6. The number of amides is 1. The van der Waals surface area contributed by atoms with E-state index in [9.17, 15) is 18.0 Å². The Morgan fingerprint density at radius 2 is 2.00 bits per heavy atom. The van der Waals surface area contributed by atoms with Crippen LogP contribution in [0.15, 0.2) is 6.20 Å². The van der Waals surface area contributed by atoms with Crippen LogP contribution in [0, 0.1) is 11.3 Å². The van der Waals surface area contributed by atoms with Crippen molar-refractivity contribution in [2.75, 3.05) is 51.4 Å². The van der Waals surface area contributed by atoms with E-state index in [4.69, 9.17) is 9.47 Å². The van der Waals surface area contributed by atoms with Gasteiger partial charge in [0.25, 0.3) is 0 Å². The van der Waals surface area contributed by atoms with Crippen molar-refractivity contribution in [2.24, 2.45) is 11.3 Å². The molecule has 0 bridgehead atoms. The summed E-state index contributed by atoms with van der Waals surface area (Å²) < 4.78 is 50.1. The predicted octanol–water partition coefficient (Wildman–Crippen LogP) is 2.13. The second kappa shape index (κ2) is 10.5. The van der Waals surface area contributed by atoms with E-state index < -0.39 is 17.3 Å². The van der Waals surface area contributed by atoms with Gasteiger partial charge < -0.3 is 24.6 Å². The number of carbonyl (C=O) groups excluding carboxylic acids is 1. The second-order valence-corrected chi connectivity index (χ2v) is 10.1. The SMILES string of the molecule is CO[C@@H]1COCC[C@@H]1N[C@@H]1CC[C@@](C(=O)N2CCN(c3nncc(C(F)(F)F)n3)CC2)(C(C)C)C1. The van der Waals surface area contributed by atoms with Gasteiger partial charge in [0, 0.05) is 52.0 Å². The minimum Gasteiger partial charge on any atom is -0.379 e. The normalized spacial score (nSPS) is 30.2. The molecule has 196 valence electrons. The first-order valence-corrected chi connectivity index (χ1v) is 12.3. The number of hydrogen-bond donors (Lipinski definition) is 1. The lowest BCUT2D eigenvalue weighted by Crippen LogP contribution is -2.55. The van der Waals surface area contributed by atoms with Crippen LogP contribution in [0.2, 0.25) is 0 Å². The summed E-state index contributed by atoms with van der Waals surface area (Å²) in [7, 11) is 1.70. The molecule has 0 radical (unpaired) electrons. The van der Waals surface area contributed by atoms with Crippen LogP contribution in [0.25, 0.3) is 0 Å². The molecule has 3 aliphatic rings. The van der Waals surface area contributed by atoms with Crippen LogP contribution in [-0.2, 0) is 20.4 Å². The van der Waals surface area contributed by atoms with Crippen molar-refractivity contribution in [1.29, 1.82) is 0 Å². The van der Waals surface area contributed by atoms with Crippen LogP contribution < -0.4 is 10.2 Å². The van der Waals surface area contributed by atoms with Gasteiger partial charge in [0.15, 0.2) is 5.69 Å². The van der Waals surface area contributed by atoms with Gasteiger partial charge in [-0.1, -0.05) is 13.8 Å². The third kappa shape index (κ3) is 5.54. The average Bonchev–Trinajstić information content (AvgIpc) is 3.29. The Kier molecular flexibility index (Phi) is 7.82. The highest BCUT2D eigenvalue weighted by Crippen LogP contribution is 2.46. The molecule has 4 rings (SSSR count). The highest BCUT2D eigenvalue weighted by Gasteiger charge is 2.50. The van der Waals surface area contributed by atoms with Gasteiger partial charge in [0.1, 0.15) is 0 Å². The maximum atomic E-state index is 13.8. The molecule has 2 saturated heterocycles. The van der Waals surface area contributed by atoms with E-state index in [-0.39, 0.29) is 36.0 Å². The molecule has 2 aliphatic heterocycles. The Balaban J connectivity index is 1.38. The van der Waals surface area contributed by atoms with Gasteiger partial charge in [0.05, 0.1) is 24.3 Å². The zero-order valence-electron chi connectivity index (χ0n) is 20.6. The molecule has 1 aliphatic carbocycles. The van der Waals surface area contributed by atoms with Crippen LogP contribution in [0.3, 0.4) is 0 Å². The van der Waals surface area contributed by atoms with E-state index in [2.05, 4.69) is 34.3 Å². The van der Waals surface area contributed by atoms with Crippen LogP contribution in [-0.4, -0.2) is 90.7 Å². The summed E-state index contributed by atoms with van der Waals surface area (Å²) in [6, 6.07) is 0.439. The van der Waals surface area contributed by atoms with Gasteiger partial charge in [-0.3, -0.25) is 4.79 Å². The van der Waals surface area contributed by atoms with Crippen molar-refractivity contribution in [2.45, 2.75) is 63.9 Å². The number of nitrogens with one attached hydrogen (secondary N) is 1. The standard InChI is InChI=1S/C23H35F3N6O3/c1-15(2)22(6-4-16(12-22)28-17-5-11-35-14-18(17)34-3)20(33)31-7-9-32(10-8-31)21-29-19(13-27-30-21)23(24,25)26/h13,15-18,28H,4-12,14H2,1-3H3/t16-,17+,18-,22+/m1/s1. The molecule has 3 fully saturated rings. The molecular formula is C23H35F3N6O3. The third-order valence-electron chi connectivity index (χ3n) is 7.83. The van der Waals surface area contributed by atoms with E-state index in [1.165, 1.54) is 0 Å². The van der Waals surface area contributed by atoms with Gasteiger partial charge in [-0.15, -0.1) is 5.10 Å². The molecule has 1 aromatic rings. The summed E-state index contributed by atoms with van der Waals surface area (Å²) in [5.41, 5.74) is -1.52. The van der Waals surface area contributed by atoms with Gasteiger partial charge in [-0.2, -0.15) is 18.3 Å². The first kappa shape index (κ1) is 26.0. The Hall–Kier alpha value is -2.05. The smallest absolute Gasteiger partial charge is 0.379 e. The van der Waals surface area contributed by atoms with Crippen molar-refractivity contribution >= 4 is 11.9 Å². The van der Waals surface area contributed by atoms with E-state index in [1.54, 1.807) is 12.0 Å². The molecule has 12 heteroatoms. The van der Waals surface area contributed by atoms with E-state index in [0.29, 0.717) is 45.6 Å². The highest BCUT2D eigenvalue weighted by molar-refractivity contribution is 5.83. The lowest BCUT2D eigenvalue weighted by atomic mass is 9.74. The predicted molar refractivity (Wildman–Crippen MR) is 122 cm³/mol. The molecular weight excluding hydrogens is 465 g/mol. The molecule has 9 nitrogen and oxygen atoms in total. The van der Waals surface area contributed by atoms with E-state index in [1.807, 2.05) is 4.90 Å². The number of alkyl halides is 3. The second-order valence-electron chi connectivity index (χ2n) is 10.1. The van der Waals surface area contributed by atoms with E-state index >= 15 is 0 Å². The van der Waals surface area contributed by atoms with Gasteiger partial charge in [-0.05, 0) is 31.6 Å². The minimum absolute atomic E-state index is 0.00846. The number of ether oxygens (including phenoxy) is 2. The quantitative estimate of drug-likeness (QED) is 0.635. The fourth-order valence-electron chi connectivity index (χ4n) is 5.61. The Morgan fingerprint density at radius 1 is 1.26 bits per heavy atom. The molecule has 3 heterocycles. The van der Waals surface area contributed by atoms with Gasteiger partial charge >= 0.3 is 6.18 Å². The van der Waals surface area contributed by atoms with Crippen molar-refractivity contribution in [1.82, 2.24) is 25.4 Å². The number of halogens is 3. The topological polar surface area (TPSA) is 92.7 Å². The number of nitrogens with zero attached hydrogens (tertiary/aromatic N) is 5. The molecule has 35 heavy (non-hydrogen) atoms. The number of piperazine rings is 1.